The van der Waals surface area contributed by atoms with Crippen molar-refractivity contribution in [3.63, 3.8) is 0 Å². The van der Waals surface area contributed by atoms with Gasteiger partial charge >= 0.3 is 0 Å². The normalized spacial score (nSPS) is 13.4. The SMILES string of the molecule is CC(C)(N)C(O)c1ccccc1C#N. The van der Waals surface area contributed by atoms with Crippen molar-refractivity contribution in [2.75, 3.05) is 0 Å². The van der Waals surface area contributed by atoms with Crippen molar-refractivity contribution in [2.24, 2.45) is 5.73 Å². The van der Waals surface area contributed by atoms with Crippen LogP contribution in [0.4, 0.5) is 0 Å². The second-order valence-corrected chi connectivity index (χ2v) is 3.92. The molecule has 3 N–H and O–H groups in total. The van der Waals surface area contributed by atoms with Crippen LogP contribution < -0.4 is 5.73 Å². The lowest BCUT2D eigenvalue weighted by molar-refractivity contribution is 0.104. The Kier molecular flexibility index (Phi) is 2.90. The van der Waals surface area contributed by atoms with Crippen molar-refractivity contribution in [1.82, 2.24) is 0 Å². The molecule has 0 heterocycles. The van der Waals surface area contributed by atoms with E-state index in [9.17, 15) is 5.11 Å². The molecule has 1 aromatic rings. The van der Waals surface area contributed by atoms with Crippen molar-refractivity contribution in [1.29, 1.82) is 5.26 Å². The highest BCUT2D eigenvalue weighted by Crippen LogP contribution is 2.25. The smallest absolute Gasteiger partial charge is 0.0995 e. The van der Waals surface area contributed by atoms with E-state index in [1.54, 1.807) is 38.1 Å². The molecule has 0 fully saturated rings. The molecule has 1 aromatic carbocycles. The Bertz CT molecular complexity index is 360. The summed E-state index contributed by atoms with van der Waals surface area (Å²) in [5.74, 6) is 0. The van der Waals surface area contributed by atoms with Gasteiger partial charge in [-0.3, -0.25) is 0 Å². The molecule has 3 heteroatoms. The van der Waals surface area contributed by atoms with Gasteiger partial charge in [0.2, 0.25) is 0 Å². The van der Waals surface area contributed by atoms with Crippen LogP contribution in [0.5, 0.6) is 0 Å². The summed E-state index contributed by atoms with van der Waals surface area (Å²) in [6, 6.07) is 8.97. The second-order valence-electron chi connectivity index (χ2n) is 3.92. The molecule has 3 nitrogen and oxygen atoms in total. The van der Waals surface area contributed by atoms with Gasteiger partial charge in [0.15, 0.2) is 0 Å². The number of hydrogen-bond acceptors (Lipinski definition) is 3. The van der Waals surface area contributed by atoms with E-state index in [0.29, 0.717) is 11.1 Å². The maximum absolute atomic E-state index is 9.89. The number of hydrogen-bond donors (Lipinski definition) is 2. The zero-order valence-electron chi connectivity index (χ0n) is 8.36. The van der Waals surface area contributed by atoms with Crippen LogP contribution in [0.15, 0.2) is 24.3 Å². The molecule has 0 saturated carbocycles. The van der Waals surface area contributed by atoms with Gasteiger partial charge in [-0.1, -0.05) is 18.2 Å². The van der Waals surface area contributed by atoms with E-state index in [2.05, 4.69) is 0 Å². The first-order chi connectivity index (χ1) is 6.46. The van der Waals surface area contributed by atoms with Crippen LogP contribution in [0, 0.1) is 11.3 Å². The minimum Gasteiger partial charge on any atom is -0.386 e. The molecule has 1 rings (SSSR count). The van der Waals surface area contributed by atoms with Gasteiger partial charge < -0.3 is 10.8 Å². The molecular weight excluding hydrogens is 176 g/mol. The topological polar surface area (TPSA) is 70.0 Å². The van der Waals surface area contributed by atoms with E-state index >= 15 is 0 Å². The first kappa shape index (κ1) is 10.7. The number of nitrogens with zero attached hydrogens (tertiary/aromatic N) is 1. The zero-order valence-corrected chi connectivity index (χ0v) is 8.36. The molecule has 0 bridgehead atoms. The summed E-state index contributed by atoms with van der Waals surface area (Å²) in [5.41, 5.74) is 6.09. The molecule has 14 heavy (non-hydrogen) atoms. The van der Waals surface area contributed by atoms with Gasteiger partial charge in [-0.05, 0) is 19.9 Å². The van der Waals surface area contributed by atoms with E-state index in [4.69, 9.17) is 11.0 Å². The molecule has 0 spiro atoms. The number of benzene rings is 1. The molecule has 1 atom stereocenters. The van der Waals surface area contributed by atoms with Crippen molar-refractivity contribution >= 4 is 0 Å². The lowest BCUT2D eigenvalue weighted by atomic mass is 9.90. The van der Waals surface area contributed by atoms with Gasteiger partial charge in [-0.15, -0.1) is 0 Å². The molecular formula is C11H14N2O. The molecule has 0 saturated heterocycles. The Morgan fingerprint density at radius 1 is 1.43 bits per heavy atom. The van der Waals surface area contributed by atoms with Crippen molar-refractivity contribution in [3.8, 4) is 6.07 Å². The number of aliphatic hydroxyl groups excluding tert-OH is 1. The van der Waals surface area contributed by atoms with Crippen LogP contribution in [-0.2, 0) is 0 Å². The van der Waals surface area contributed by atoms with Crippen LogP contribution in [0.1, 0.15) is 31.1 Å². The molecule has 74 valence electrons. The van der Waals surface area contributed by atoms with Crippen LogP contribution in [0.25, 0.3) is 0 Å². The standard InChI is InChI=1S/C11H14N2O/c1-11(2,13)10(14)9-6-4-3-5-8(9)7-12/h3-6,10,14H,13H2,1-2H3. The van der Waals surface area contributed by atoms with Crippen LogP contribution in [0.2, 0.25) is 0 Å². The van der Waals surface area contributed by atoms with Gasteiger partial charge in [-0.2, -0.15) is 5.26 Å². The van der Waals surface area contributed by atoms with E-state index in [1.165, 1.54) is 0 Å². The largest absolute Gasteiger partial charge is 0.386 e. The van der Waals surface area contributed by atoms with Gasteiger partial charge in [0, 0.05) is 11.1 Å². The third-order valence-electron chi connectivity index (χ3n) is 2.08. The van der Waals surface area contributed by atoms with E-state index in [-0.39, 0.29) is 0 Å². The molecule has 0 aromatic heterocycles. The Morgan fingerprint density at radius 2 is 2.00 bits per heavy atom. The summed E-state index contributed by atoms with van der Waals surface area (Å²) in [5, 5.41) is 18.7. The quantitative estimate of drug-likeness (QED) is 0.739. The Morgan fingerprint density at radius 3 is 2.50 bits per heavy atom. The molecule has 0 radical (unpaired) electrons. The van der Waals surface area contributed by atoms with Crippen molar-refractivity contribution < 1.29 is 5.11 Å². The average molecular weight is 190 g/mol. The van der Waals surface area contributed by atoms with E-state index in [1.807, 2.05) is 6.07 Å². The zero-order chi connectivity index (χ0) is 10.8. The predicted molar refractivity (Wildman–Crippen MR) is 54.4 cm³/mol. The highest BCUT2D eigenvalue weighted by Gasteiger charge is 2.26. The van der Waals surface area contributed by atoms with Gasteiger partial charge in [0.25, 0.3) is 0 Å². The summed E-state index contributed by atoms with van der Waals surface area (Å²) in [4.78, 5) is 0. The van der Waals surface area contributed by atoms with Gasteiger partial charge in [0.05, 0.1) is 17.7 Å². The summed E-state index contributed by atoms with van der Waals surface area (Å²) >= 11 is 0. The third kappa shape index (κ3) is 2.11. The van der Waals surface area contributed by atoms with E-state index < -0.39 is 11.6 Å². The number of rotatable bonds is 2. The molecule has 0 aliphatic carbocycles. The maximum atomic E-state index is 9.89. The monoisotopic (exact) mass is 190 g/mol. The minimum atomic E-state index is -0.821. The fraction of sp³-hybridized carbons (Fsp3) is 0.364. The Balaban J connectivity index is 3.14. The number of nitriles is 1. The Hall–Kier alpha value is -1.37. The van der Waals surface area contributed by atoms with Crippen LogP contribution in [0.3, 0.4) is 0 Å². The third-order valence-corrected chi connectivity index (χ3v) is 2.08. The van der Waals surface area contributed by atoms with Gasteiger partial charge in [-0.25, -0.2) is 0 Å². The minimum absolute atomic E-state index is 0.471. The van der Waals surface area contributed by atoms with Crippen LogP contribution in [-0.4, -0.2) is 10.6 Å². The average Bonchev–Trinajstić information content (AvgIpc) is 2.15. The summed E-state index contributed by atoms with van der Waals surface area (Å²) in [7, 11) is 0. The highest BCUT2D eigenvalue weighted by molar-refractivity contribution is 5.39. The predicted octanol–water partition coefficient (Wildman–Crippen LogP) is 1.33. The van der Waals surface area contributed by atoms with E-state index in [0.717, 1.165) is 0 Å². The highest BCUT2D eigenvalue weighted by atomic mass is 16.3. The lowest BCUT2D eigenvalue weighted by Gasteiger charge is -2.26. The fourth-order valence-corrected chi connectivity index (χ4v) is 1.24. The first-order valence-corrected chi connectivity index (χ1v) is 4.43. The molecule has 0 amide bonds. The lowest BCUT2D eigenvalue weighted by Crippen LogP contribution is -2.39. The maximum Gasteiger partial charge on any atom is 0.0995 e. The fourth-order valence-electron chi connectivity index (χ4n) is 1.24. The number of nitrogens with two attached hydrogens (primary N) is 1. The van der Waals surface area contributed by atoms with Crippen LogP contribution >= 0.6 is 0 Å². The Labute approximate surface area is 83.8 Å². The second kappa shape index (κ2) is 3.79. The molecule has 1 unspecified atom stereocenters. The first-order valence-electron chi connectivity index (χ1n) is 4.43. The number of aliphatic hydroxyl groups is 1. The summed E-state index contributed by atoms with van der Waals surface area (Å²) in [6.45, 7) is 3.46. The van der Waals surface area contributed by atoms with Crippen molar-refractivity contribution in [2.45, 2.75) is 25.5 Å². The summed E-state index contributed by atoms with van der Waals surface area (Å²) in [6.07, 6.45) is -0.821. The molecule has 0 aliphatic rings. The van der Waals surface area contributed by atoms with Crippen molar-refractivity contribution in [3.05, 3.63) is 35.4 Å². The summed E-state index contributed by atoms with van der Waals surface area (Å²) < 4.78 is 0. The molecule has 0 aliphatic heterocycles. The van der Waals surface area contributed by atoms with Gasteiger partial charge in [0.1, 0.15) is 0 Å².